The number of furan rings is 1. The molecular formula is C15H17NO2. The van der Waals surface area contributed by atoms with Crippen molar-refractivity contribution in [2.24, 2.45) is 0 Å². The lowest BCUT2D eigenvalue weighted by Crippen LogP contribution is -2.15. The Bertz CT molecular complexity index is 533. The largest absolute Gasteiger partial charge is 0.469 e. The zero-order chi connectivity index (χ0) is 12.4. The van der Waals surface area contributed by atoms with E-state index >= 15 is 0 Å². The first kappa shape index (κ1) is 11.4. The summed E-state index contributed by atoms with van der Waals surface area (Å²) in [5, 5.41) is 12.7. The maximum Gasteiger partial charge on any atom is 0.109 e. The second-order valence-corrected chi connectivity index (χ2v) is 4.75. The Labute approximate surface area is 106 Å². The molecule has 0 saturated carbocycles. The molecule has 2 aromatic rings. The number of fused-ring (bicyclic) bond motifs is 1. The molecule has 3 nitrogen and oxygen atoms in total. The van der Waals surface area contributed by atoms with Crippen molar-refractivity contribution in [3.8, 4) is 0 Å². The molecule has 1 aliphatic carbocycles. The first-order chi connectivity index (χ1) is 8.86. The van der Waals surface area contributed by atoms with Crippen LogP contribution in [0.4, 0.5) is 5.69 Å². The maximum absolute atomic E-state index is 9.15. The maximum atomic E-state index is 9.15. The number of aliphatic hydroxyl groups is 1. The molecule has 1 atom stereocenters. The summed E-state index contributed by atoms with van der Waals surface area (Å²) in [5.74, 6) is 1.11. The number of aryl methyl sites for hydroxylation is 1. The molecule has 0 bridgehead atoms. The molecule has 0 amide bonds. The van der Waals surface area contributed by atoms with Crippen LogP contribution in [-0.4, -0.2) is 5.11 Å². The predicted molar refractivity (Wildman–Crippen MR) is 70.4 cm³/mol. The summed E-state index contributed by atoms with van der Waals surface area (Å²) in [5.41, 5.74) is 3.26. The Kier molecular flexibility index (Phi) is 3.07. The topological polar surface area (TPSA) is 45.4 Å². The zero-order valence-electron chi connectivity index (χ0n) is 10.2. The van der Waals surface area contributed by atoms with Crippen molar-refractivity contribution in [3.05, 3.63) is 53.5 Å². The third kappa shape index (κ3) is 2.14. The molecule has 1 aromatic carbocycles. The van der Waals surface area contributed by atoms with Crippen LogP contribution in [-0.2, 0) is 13.0 Å². The van der Waals surface area contributed by atoms with E-state index in [-0.39, 0.29) is 6.61 Å². The number of benzene rings is 1. The SMILES string of the molecule is OCc1cccc(NC2CCCc3occc32)c1. The molecule has 1 unspecified atom stereocenters. The van der Waals surface area contributed by atoms with E-state index in [1.807, 2.05) is 24.3 Å². The Hall–Kier alpha value is -1.74. The molecule has 0 spiro atoms. The van der Waals surface area contributed by atoms with Gasteiger partial charge in [-0.2, -0.15) is 0 Å². The standard InChI is InChI=1S/C15H17NO2/c17-10-11-3-1-4-12(9-11)16-14-5-2-6-15-13(14)7-8-18-15/h1,3-4,7-9,14,16-17H,2,5-6,10H2. The minimum absolute atomic E-state index is 0.0805. The van der Waals surface area contributed by atoms with Crippen LogP contribution in [0.1, 0.15) is 35.8 Å². The van der Waals surface area contributed by atoms with Gasteiger partial charge in [-0.3, -0.25) is 0 Å². The summed E-state index contributed by atoms with van der Waals surface area (Å²) in [6, 6.07) is 10.3. The highest BCUT2D eigenvalue weighted by Crippen LogP contribution is 2.33. The van der Waals surface area contributed by atoms with Crippen LogP contribution in [0.25, 0.3) is 0 Å². The minimum Gasteiger partial charge on any atom is -0.469 e. The molecule has 1 heterocycles. The van der Waals surface area contributed by atoms with Gasteiger partial charge in [-0.1, -0.05) is 12.1 Å². The molecule has 0 saturated heterocycles. The fraction of sp³-hybridized carbons (Fsp3) is 0.333. The number of aliphatic hydroxyl groups excluding tert-OH is 1. The van der Waals surface area contributed by atoms with Gasteiger partial charge in [0.25, 0.3) is 0 Å². The van der Waals surface area contributed by atoms with Crippen LogP contribution in [0.5, 0.6) is 0 Å². The normalized spacial score (nSPS) is 18.4. The Morgan fingerprint density at radius 1 is 1.33 bits per heavy atom. The third-order valence-corrected chi connectivity index (χ3v) is 3.50. The van der Waals surface area contributed by atoms with Gasteiger partial charge >= 0.3 is 0 Å². The quantitative estimate of drug-likeness (QED) is 0.869. The van der Waals surface area contributed by atoms with Crippen LogP contribution in [0, 0.1) is 0 Å². The fourth-order valence-corrected chi connectivity index (χ4v) is 2.60. The summed E-state index contributed by atoms with van der Waals surface area (Å²) in [4.78, 5) is 0. The molecule has 3 heteroatoms. The summed E-state index contributed by atoms with van der Waals surface area (Å²) in [6.07, 6.45) is 5.08. The third-order valence-electron chi connectivity index (χ3n) is 3.50. The first-order valence-corrected chi connectivity index (χ1v) is 6.39. The van der Waals surface area contributed by atoms with Crippen LogP contribution in [0.15, 0.2) is 41.0 Å². The van der Waals surface area contributed by atoms with Crippen molar-refractivity contribution in [2.45, 2.75) is 31.9 Å². The van der Waals surface area contributed by atoms with Gasteiger partial charge in [0, 0.05) is 17.7 Å². The van der Waals surface area contributed by atoms with E-state index in [9.17, 15) is 0 Å². The minimum atomic E-state index is 0.0805. The van der Waals surface area contributed by atoms with Gasteiger partial charge in [0.1, 0.15) is 5.76 Å². The average Bonchev–Trinajstić information content (AvgIpc) is 2.88. The number of hydrogen-bond acceptors (Lipinski definition) is 3. The highest BCUT2D eigenvalue weighted by Gasteiger charge is 2.22. The fourth-order valence-electron chi connectivity index (χ4n) is 2.60. The van der Waals surface area contributed by atoms with Crippen LogP contribution in [0.3, 0.4) is 0 Å². The van der Waals surface area contributed by atoms with Gasteiger partial charge in [-0.15, -0.1) is 0 Å². The number of hydrogen-bond donors (Lipinski definition) is 2. The van der Waals surface area contributed by atoms with E-state index in [0.717, 1.165) is 36.3 Å². The van der Waals surface area contributed by atoms with Gasteiger partial charge in [0.05, 0.1) is 18.9 Å². The highest BCUT2D eigenvalue weighted by atomic mass is 16.3. The summed E-state index contributed by atoms with van der Waals surface area (Å²) in [6.45, 7) is 0.0805. The van der Waals surface area contributed by atoms with Gasteiger partial charge in [-0.05, 0) is 36.6 Å². The van der Waals surface area contributed by atoms with Crippen molar-refractivity contribution >= 4 is 5.69 Å². The lowest BCUT2D eigenvalue weighted by molar-refractivity contribution is 0.282. The van der Waals surface area contributed by atoms with Crippen molar-refractivity contribution in [2.75, 3.05) is 5.32 Å². The van der Waals surface area contributed by atoms with E-state index in [0.29, 0.717) is 6.04 Å². The van der Waals surface area contributed by atoms with E-state index < -0.39 is 0 Å². The van der Waals surface area contributed by atoms with Crippen molar-refractivity contribution in [1.82, 2.24) is 0 Å². The van der Waals surface area contributed by atoms with Crippen molar-refractivity contribution in [3.63, 3.8) is 0 Å². The van der Waals surface area contributed by atoms with E-state index in [4.69, 9.17) is 9.52 Å². The van der Waals surface area contributed by atoms with Crippen LogP contribution in [0.2, 0.25) is 0 Å². The predicted octanol–water partition coefficient (Wildman–Crippen LogP) is 3.26. The first-order valence-electron chi connectivity index (χ1n) is 6.39. The summed E-state index contributed by atoms with van der Waals surface area (Å²) >= 11 is 0. The second-order valence-electron chi connectivity index (χ2n) is 4.75. The van der Waals surface area contributed by atoms with Gasteiger partial charge in [-0.25, -0.2) is 0 Å². The van der Waals surface area contributed by atoms with Crippen molar-refractivity contribution < 1.29 is 9.52 Å². The molecule has 2 N–H and O–H groups in total. The van der Waals surface area contributed by atoms with E-state index in [1.54, 1.807) is 6.26 Å². The molecule has 0 fully saturated rings. The van der Waals surface area contributed by atoms with Gasteiger partial charge in [0.2, 0.25) is 0 Å². The molecule has 18 heavy (non-hydrogen) atoms. The molecule has 0 aliphatic heterocycles. The van der Waals surface area contributed by atoms with E-state index in [2.05, 4.69) is 11.4 Å². The summed E-state index contributed by atoms with van der Waals surface area (Å²) < 4.78 is 5.49. The van der Waals surface area contributed by atoms with Gasteiger partial charge in [0.15, 0.2) is 0 Å². The number of rotatable bonds is 3. The molecular weight excluding hydrogens is 226 g/mol. The molecule has 94 valence electrons. The summed E-state index contributed by atoms with van der Waals surface area (Å²) in [7, 11) is 0. The van der Waals surface area contributed by atoms with Crippen LogP contribution >= 0.6 is 0 Å². The Morgan fingerprint density at radius 2 is 2.28 bits per heavy atom. The molecule has 1 aliphatic rings. The Morgan fingerprint density at radius 3 is 3.17 bits per heavy atom. The molecule has 3 rings (SSSR count). The number of nitrogens with one attached hydrogen (secondary N) is 1. The van der Waals surface area contributed by atoms with E-state index in [1.165, 1.54) is 5.56 Å². The lowest BCUT2D eigenvalue weighted by atomic mass is 9.93. The monoisotopic (exact) mass is 243 g/mol. The smallest absolute Gasteiger partial charge is 0.109 e. The zero-order valence-corrected chi connectivity index (χ0v) is 10.2. The van der Waals surface area contributed by atoms with Crippen LogP contribution < -0.4 is 5.32 Å². The molecule has 0 radical (unpaired) electrons. The Balaban J connectivity index is 1.81. The molecule has 1 aromatic heterocycles. The second kappa shape index (κ2) is 4.86. The lowest BCUT2D eigenvalue weighted by Gasteiger charge is -2.24. The number of anilines is 1. The van der Waals surface area contributed by atoms with Gasteiger partial charge < -0.3 is 14.8 Å². The average molecular weight is 243 g/mol. The highest BCUT2D eigenvalue weighted by molar-refractivity contribution is 5.48. The van der Waals surface area contributed by atoms with Crippen molar-refractivity contribution in [1.29, 1.82) is 0 Å².